The van der Waals surface area contributed by atoms with E-state index in [9.17, 15) is 10.1 Å². The molecule has 0 atom stereocenters. The highest BCUT2D eigenvalue weighted by Crippen LogP contribution is 2.38. The minimum Gasteiger partial charge on any atom is -0.493 e. The Morgan fingerprint density at radius 2 is 1.74 bits per heavy atom. The minimum atomic E-state index is -0.528. The number of nitrogens with one attached hydrogen (secondary N) is 1. The van der Waals surface area contributed by atoms with Crippen LogP contribution in [0.15, 0.2) is 54.1 Å². The molecule has 0 aliphatic heterocycles. The van der Waals surface area contributed by atoms with Crippen LogP contribution >= 0.6 is 34.8 Å². The van der Waals surface area contributed by atoms with Gasteiger partial charge in [-0.3, -0.25) is 4.79 Å². The van der Waals surface area contributed by atoms with E-state index in [1.807, 2.05) is 38.1 Å². The number of amides is 1. The fourth-order valence-electron chi connectivity index (χ4n) is 3.31. The second-order valence-electron chi connectivity index (χ2n) is 7.56. The van der Waals surface area contributed by atoms with Gasteiger partial charge in [0.2, 0.25) is 0 Å². The molecule has 3 rings (SSSR count). The second kappa shape index (κ2) is 11.3. The number of halogens is 3. The van der Waals surface area contributed by atoms with Gasteiger partial charge in [-0.25, -0.2) is 0 Å². The van der Waals surface area contributed by atoms with Crippen LogP contribution in [-0.2, 0) is 11.4 Å². The van der Waals surface area contributed by atoms with Gasteiger partial charge in [0.05, 0.1) is 12.1 Å². The largest absolute Gasteiger partial charge is 0.493 e. The summed E-state index contributed by atoms with van der Waals surface area (Å²) in [6, 6.07) is 15.9. The van der Waals surface area contributed by atoms with Crippen molar-refractivity contribution in [1.82, 2.24) is 0 Å². The van der Waals surface area contributed by atoms with E-state index in [2.05, 4.69) is 5.32 Å². The summed E-state index contributed by atoms with van der Waals surface area (Å²) in [6.45, 7) is 4.01. The third kappa shape index (κ3) is 6.45. The Hall–Kier alpha value is -3.17. The summed E-state index contributed by atoms with van der Waals surface area (Å²) in [4.78, 5) is 12.7. The molecule has 0 aromatic heterocycles. The van der Waals surface area contributed by atoms with Crippen LogP contribution in [-0.4, -0.2) is 13.0 Å². The number of nitrogens with zero attached hydrogens (tertiary/aromatic N) is 1. The number of anilines is 1. The lowest BCUT2D eigenvalue weighted by atomic mass is 10.1. The molecule has 8 heteroatoms. The molecule has 0 spiro atoms. The zero-order chi connectivity index (χ0) is 24.8. The summed E-state index contributed by atoms with van der Waals surface area (Å²) < 4.78 is 11.3. The molecule has 1 N–H and O–H groups in total. The molecule has 0 aliphatic rings. The van der Waals surface area contributed by atoms with Crippen LogP contribution in [0.5, 0.6) is 11.5 Å². The molecule has 1 amide bonds. The molecule has 0 aliphatic carbocycles. The van der Waals surface area contributed by atoms with Crippen molar-refractivity contribution in [2.45, 2.75) is 20.5 Å². The van der Waals surface area contributed by atoms with Gasteiger partial charge in [0.25, 0.3) is 5.91 Å². The highest BCUT2D eigenvalue weighted by molar-refractivity contribution is 6.35. The lowest BCUT2D eigenvalue weighted by molar-refractivity contribution is -0.112. The predicted octanol–water partition coefficient (Wildman–Crippen LogP) is 7.40. The van der Waals surface area contributed by atoms with Gasteiger partial charge >= 0.3 is 0 Å². The van der Waals surface area contributed by atoms with Crippen LogP contribution in [0.4, 0.5) is 5.69 Å². The first-order valence-electron chi connectivity index (χ1n) is 10.2. The lowest BCUT2D eigenvalue weighted by Crippen LogP contribution is -2.13. The molecular weight excluding hydrogens is 495 g/mol. The van der Waals surface area contributed by atoms with Crippen molar-refractivity contribution in [3.63, 3.8) is 0 Å². The van der Waals surface area contributed by atoms with E-state index < -0.39 is 5.91 Å². The smallest absolute Gasteiger partial charge is 0.266 e. The van der Waals surface area contributed by atoms with Crippen molar-refractivity contribution in [2.24, 2.45) is 0 Å². The first-order chi connectivity index (χ1) is 16.2. The maximum atomic E-state index is 12.7. The molecule has 0 saturated heterocycles. The standard InChI is InChI=1S/C26H21Cl3N2O3/c1-15-6-16(2)8-21(7-15)31-26(32)19(13-30)9-17-10-23(29)25(24(11-17)33-3)34-14-18-4-5-20(27)12-22(18)28/h4-12H,14H2,1-3H3,(H,31,32)/b19-9+. The summed E-state index contributed by atoms with van der Waals surface area (Å²) >= 11 is 18.6. The van der Waals surface area contributed by atoms with Gasteiger partial charge < -0.3 is 14.8 Å². The summed E-state index contributed by atoms with van der Waals surface area (Å²) in [5.74, 6) is 0.127. The Balaban J connectivity index is 1.83. The fourth-order valence-corrected chi connectivity index (χ4v) is 4.05. The molecule has 3 aromatic rings. The van der Waals surface area contributed by atoms with Gasteiger partial charge in [-0.15, -0.1) is 0 Å². The van der Waals surface area contributed by atoms with E-state index in [-0.39, 0.29) is 17.2 Å². The summed E-state index contributed by atoms with van der Waals surface area (Å²) in [5, 5.41) is 13.6. The Kier molecular flexibility index (Phi) is 8.46. The van der Waals surface area contributed by atoms with E-state index in [0.29, 0.717) is 32.8 Å². The van der Waals surface area contributed by atoms with Crippen molar-refractivity contribution in [3.8, 4) is 17.6 Å². The van der Waals surface area contributed by atoms with Gasteiger partial charge in [-0.05, 0) is 73.0 Å². The molecule has 0 fully saturated rings. The normalized spacial score (nSPS) is 11.0. The number of benzene rings is 3. The molecule has 0 bridgehead atoms. The fraction of sp³-hybridized carbons (Fsp3) is 0.154. The second-order valence-corrected chi connectivity index (χ2v) is 8.81. The van der Waals surface area contributed by atoms with Gasteiger partial charge in [0.15, 0.2) is 11.5 Å². The SMILES string of the molecule is COc1cc(/C=C(\C#N)C(=O)Nc2cc(C)cc(C)c2)cc(Cl)c1OCc1ccc(Cl)cc1Cl. The van der Waals surface area contributed by atoms with Crippen LogP contribution in [0.1, 0.15) is 22.3 Å². The van der Waals surface area contributed by atoms with E-state index in [4.69, 9.17) is 44.3 Å². The Morgan fingerprint density at radius 3 is 2.35 bits per heavy atom. The first-order valence-corrected chi connectivity index (χ1v) is 11.3. The monoisotopic (exact) mass is 514 g/mol. The average Bonchev–Trinajstić information content (AvgIpc) is 2.76. The van der Waals surface area contributed by atoms with Crippen LogP contribution in [0.3, 0.4) is 0 Å². The summed E-state index contributed by atoms with van der Waals surface area (Å²) in [6.07, 6.45) is 1.44. The molecule has 0 radical (unpaired) electrons. The lowest BCUT2D eigenvalue weighted by Gasteiger charge is -2.14. The van der Waals surface area contributed by atoms with Gasteiger partial charge in [-0.1, -0.05) is 46.9 Å². The highest BCUT2D eigenvalue weighted by Gasteiger charge is 2.15. The van der Waals surface area contributed by atoms with Crippen LogP contribution in [0.2, 0.25) is 15.1 Å². The van der Waals surface area contributed by atoms with Crippen molar-refractivity contribution >= 4 is 52.5 Å². The quantitative estimate of drug-likeness (QED) is 0.263. The molecular formula is C26H21Cl3N2O3. The van der Waals surface area contributed by atoms with E-state index in [1.54, 1.807) is 30.3 Å². The molecule has 3 aromatic carbocycles. The molecule has 174 valence electrons. The van der Waals surface area contributed by atoms with E-state index in [1.165, 1.54) is 13.2 Å². The van der Waals surface area contributed by atoms with Crippen molar-refractivity contribution in [2.75, 3.05) is 12.4 Å². The number of rotatable bonds is 7. The summed E-state index contributed by atoms with van der Waals surface area (Å²) in [7, 11) is 1.47. The average molecular weight is 516 g/mol. The molecule has 5 nitrogen and oxygen atoms in total. The van der Waals surface area contributed by atoms with Crippen molar-refractivity contribution in [1.29, 1.82) is 5.26 Å². The van der Waals surface area contributed by atoms with Gasteiger partial charge in [-0.2, -0.15) is 5.26 Å². The molecule has 0 heterocycles. The predicted molar refractivity (Wildman–Crippen MR) is 137 cm³/mol. The number of aryl methyl sites for hydroxylation is 2. The van der Waals surface area contributed by atoms with E-state index in [0.717, 1.165) is 16.7 Å². The highest BCUT2D eigenvalue weighted by atomic mass is 35.5. The number of nitriles is 1. The number of carbonyl (C=O) groups is 1. The number of carbonyl (C=O) groups excluding carboxylic acids is 1. The minimum absolute atomic E-state index is 0.0844. The van der Waals surface area contributed by atoms with E-state index >= 15 is 0 Å². The topological polar surface area (TPSA) is 71.3 Å². The number of ether oxygens (including phenoxy) is 2. The van der Waals surface area contributed by atoms with Crippen LogP contribution in [0, 0.1) is 25.2 Å². The Morgan fingerprint density at radius 1 is 1.03 bits per heavy atom. The number of methoxy groups -OCH3 is 1. The van der Waals surface area contributed by atoms with Crippen LogP contribution in [0.25, 0.3) is 6.08 Å². The zero-order valence-corrected chi connectivity index (χ0v) is 21.0. The maximum Gasteiger partial charge on any atom is 0.266 e. The van der Waals surface area contributed by atoms with Crippen molar-refractivity contribution in [3.05, 3.63) is 91.4 Å². The molecule has 0 saturated carbocycles. The molecule has 0 unspecified atom stereocenters. The number of hydrogen-bond donors (Lipinski definition) is 1. The third-order valence-corrected chi connectivity index (χ3v) is 5.66. The van der Waals surface area contributed by atoms with Crippen LogP contribution < -0.4 is 14.8 Å². The Bertz CT molecular complexity index is 1290. The number of hydrogen-bond acceptors (Lipinski definition) is 4. The summed E-state index contributed by atoms with van der Waals surface area (Å²) in [5.41, 5.74) is 3.77. The zero-order valence-electron chi connectivity index (χ0n) is 18.7. The Labute approximate surface area is 213 Å². The van der Waals surface area contributed by atoms with Gasteiger partial charge in [0, 0.05) is 21.3 Å². The third-order valence-electron chi connectivity index (χ3n) is 4.79. The van der Waals surface area contributed by atoms with Crippen molar-refractivity contribution < 1.29 is 14.3 Å². The van der Waals surface area contributed by atoms with Gasteiger partial charge in [0.1, 0.15) is 18.2 Å². The molecule has 34 heavy (non-hydrogen) atoms. The first kappa shape index (κ1) is 25.5. The maximum absolute atomic E-state index is 12.7.